The highest BCUT2D eigenvalue weighted by molar-refractivity contribution is 6.30. The molecule has 1 aromatic carbocycles. The van der Waals surface area contributed by atoms with Crippen LogP contribution in [0.1, 0.15) is 68.9 Å². The monoisotopic (exact) mass is 613 g/mol. The van der Waals surface area contributed by atoms with Gasteiger partial charge >= 0.3 is 11.9 Å². The van der Waals surface area contributed by atoms with Crippen LogP contribution in [0.25, 0.3) is 0 Å². The Morgan fingerprint density at radius 3 is 2.37 bits per heavy atom. The maximum absolute atomic E-state index is 14.0. The van der Waals surface area contributed by atoms with E-state index in [0.29, 0.717) is 24.7 Å². The lowest BCUT2D eigenvalue weighted by molar-refractivity contribution is -0.589. The molecule has 4 rings (SSSR count). The molecule has 1 aromatic heterocycles. The van der Waals surface area contributed by atoms with Gasteiger partial charge < -0.3 is 15.3 Å². The number of aromatic nitrogens is 2. The molecule has 1 saturated carbocycles. The molecule has 2 aliphatic rings. The van der Waals surface area contributed by atoms with E-state index in [0.717, 1.165) is 37.7 Å². The summed E-state index contributed by atoms with van der Waals surface area (Å²) in [5, 5.41) is 15.1. The minimum absolute atomic E-state index is 0.00640. The average molecular weight is 614 g/mol. The second kappa shape index (κ2) is 14.4. The molecule has 4 N–H and O–H groups in total. The quantitative estimate of drug-likeness (QED) is 0.389. The molecular formula is C31H42ClN6O5+. The van der Waals surface area contributed by atoms with Gasteiger partial charge in [0.1, 0.15) is 12.1 Å². The maximum atomic E-state index is 14.0. The third-order valence-corrected chi connectivity index (χ3v) is 8.65. The van der Waals surface area contributed by atoms with Crippen molar-refractivity contribution in [1.29, 1.82) is 0 Å². The predicted octanol–water partition coefficient (Wildman–Crippen LogP) is 2.11. The second-order valence-electron chi connectivity index (χ2n) is 12.6. The average Bonchev–Trinajstić information content (AvgIpc) is 2.99. The van der Waals surface area contributed by atoms with Crippen molar-refractivity contribution >= 4 is 35.3 Å². The number of primary amides is 1. The lowest BCUT2D eigenvalue weighted by atomic mass is 9.82. The molecule has 3 atom stereocenters. The van der Waals surface area contributed by atoms with E-state index in [9.17, 15) is 24.3 Å². The number of nitrogens with two attached hydrogens (primary N) is 1. The summed E-state index contributed by atoms with van der Waals surface area (Å²) < 4.78 is 0. The summed E-state index contributed by atoms with van der Waals surface area (Å²) in [5.41, 5.74) is 0.421. The Kier molecular flexibility index (Phi) is 10.9. The summed E-state index contributed by atoms with van der Waals surface area (Å²) in [6, 6.07) is 4.71. The van der Waals surface area contributed by atoms with Crippen molar-refractivity contribution in [2.45, 2.75) is 77.5 Å². The molecular weight excluding hydrogens is 572 g/mol. The summed E-state index contributed by atoms with van der Waals surface area (Å²) in [6.07, 6.45) is 8.94. The van der Waals surface area contributed by atoms with Gasteiger partial charge in [-0.1, -0.05) is 63.8 Å². The molecule has 1 aliphatic heterocycles. The summed E-state index contributed by atoms with van der Waals surface area (Å²) in [4.78, 5) is 64.7. The Bertz CT molecular complexity index is 1280. The number of benzene rings is 1. The first-order valence-electron chi connectivity index (χ1n) is 14.9. The SMILES string of the molecule is CC(C)(C)[C@H](NC(=O)[C@@H]([NH2+]C(=O)c1cnccn1)C1CCCCC1)C(=O)N1CCN(Cc2ccc(Cl)cc2)[C@@H](C(=O)O)C1. The number of quaternary nitrogens is 1. The third kappa shape index (κ3) is 8.58. The zero-order valence-corrected chi connectivity index (χ0v) is 25.8. The zero-order valence-electron chi connectivity index (χ0n) is 25.0. The number of hydrogen-bond acceptors (Lipinski definition) is 7. The number of piperazine rings is 1. The molecule has 0 radical (unpaired) electrons. The van der Waals surface area contributed by atoms with Gasteiger partial charge in [-0.2, -0.15) is 0 Å². The van der Waals surface area contributed by atoms with Crippen molar-refractivity contribution in [3.8, 4) is 0 Å². The van der Waals surface area contributed by atoms with Gasteiger partial charge in [-0.25, -0.2) is 9.78 Å². The molecule has 2 heterocycles. The molecule has 2 fully saturated rings. The van der Waals surface area contributed by atoms with Crippen LogP contribution in [-0.2, 0) is 20.9 Å². The normalized spacial score (nSPS) is 19.8. The number of aliphatic carboxylic acids is 1. The molecule has 3 amide bonds. The van der Waals surface area contributed by atoms with Gasteiger partial charge in [-0.15, -0.1) is 0 Å². The van der Waals surface area contributed by atoms with Crippen LogP contribution in [0.15, 0.2) is 42.9 Å². The lowest BCUT2D eigenvalue weighted by Crippen LogP contribution is -2.97. The van der Waals surface area contributed by atoms with Gasteiger partial charge in [-0.05, 0) is 36.0 Å². The van der Waals surface area contributed by atoms with E-state index in [4.69, 9.17) is 11.6 Å². The topological polar surface area (TPSA) is 149 Å². The second-order valence-corrected chi connectivity index (χ2v) is 13.0. The Morgan fingerprint density at radius 1 is 1.07 bits per heavy atom. The summed E-state index contributed by atoms with van der Waals surface area (Å²) in [7, 11) is 0. The molecule has 1 aliphatic carbocycles. The number of halogens is 1. The van der Waals surface area contributed by atoms with Crippen LogP contribution in [0.4, 0.5) is 0 Å². The van der Waals surface area contributed by atoms with Gasteiger partial charge in [-0.3, -0.25) is 29.6 Å². The van der Waals surface area contributed by atoms with E-state index < -0.39 is 29.5 Å². The van der Waals surface area contributed by atoms with E-state index in [2.05, 4.69) is 15.3 Å². The van der Waals surface area contributed by atoms with Crippen LogP contribution in [-0.4, -0.2) is 86.3 Å². The van der Waals surface area contributed by atoms with E-state index >= 15 is 0 Å². The standard InChI is InChI=1S/C31H41ClN6O5/c1-31(2,3)26(29(41)38-16-15-37(24(19-38)30(42)43)18-20-9-11-22(32)12-10-20)36-28(40)25(21-7-5-4-6-8-21)35-27(39)23-17-33-13-14-34-23/h9-14,17,21,24-26H,4-8,15-16,18-19H2,1-3H3,(H,35,39)(H,36,40)(H,42,43)/p+1/t24-,25+,26-/m1/s1. The van der Waals surface area contributed by atoms with Crippen LogP contribution in [0, 0.1) is 11.3 Å². The highest BCUT2D eigenvalue weighted by Crippen LogP contribution is 2.27. The Labute approximate surface area is 257 Å². The Balaban J connectivity index is 1.49. The van der Waals surface area contributed by atoms with Crippen molar-refractivity contribution in [2.75, 3.05) is 19.6 Å². The number of rotatable bonds is 9. The number of carbonyl (C=O) groups excluding carboxylic acids is 3. The first-order chi connectivity index (χ1) is 20.4. The maximum Gasteiger partial charge on any atom is 0.363 e. The fourth-order valence-corrected chi connectivity index (χ4v) is 6.06. The van der Waals surface area contributed by atoms with Crippen molar-refractivity contribution in [1.82, 2.24) is 25.1 Å². The molecule has 1 saturated heterocycles. The molecule has 0 bridgehead atoms. The minimum atomic E-state index is -1.02. The van der Waals surface area contributed by atoms with Gasteiger partial charge in [0.15, 0.2) is 11.7 Å². The van der Waals surface area contributed by atoms with Crippen molar-refractivity contribution in [3.05, 3.63) is 59.1 Å². The number of nitrogens with one attached hydrogen (secondary N) is 1. The van der Waals surface area contributed by atoms with Crippen molar-refractivity contribution in [3.63, 3.8) is 0 Å². The number of carboxylic acid groups (broad SMARTS) is 1. The first kappa shape index (κ1) is 32.5. The fourth-order valence-electron chi connectivity index (χ4n) is 5.93. The fraction of sp³-hybridized carbons (Fsp3) is 0.548. The number of nitrogens with zero attached hydrogens (tertiary/aromatic N) is 4. The largest absolute Gasteiger partial charge is 0.480 e. The van der Waals surface area contributed by atoms with Gasteiger partial charge in [0, 0.05) is 49.5 Å². The van der Waals surface area contributed by atoms with E-state index in [1.54, 1.807) is 12.1 Å². The predicted molar refractivity (Wildman–Crippen MR) is 160 cm³/mol. The van der Waals surface area contributed by atoms with Crippen molar-refractivity contribution < 1.29 is 29.6 Å². The van der Waals surface area contributed by atoms with Crippen molar-refractivity contribution in [2.24, 2.45) is 11.3 Å². The smallest absolute Gasteiger partial charge is 0.363 e. The number of hydrogen-bond donors (Lipinski definition) is 3. The van der Waals surface area contributed by atoms with Crippen LogP contribution < -0.4 is 10.6 Å². The summed E-state index contributed by atoms with van der Waals surface area (Å²) >= 11 is 6.00. The van der Waals surface area contributed by atoms with Gasteiger partial charge in [0.05, 0.1) is 6.20 Å². The van der Waals surface area contributed by atoms with Crippen LogP contribution in [0.5, 0.6) is 0 Å². The molecule has 0 unspecified atom stereocenters. The van der Waals surface area contributed by atoms with E-state index in [1.165, 1.54) is 28.8 Å². The molecule has 232 valence electrons. The third-order valence-electron chi connectivity index (χ3n) is 8.39. The number of carboxylic acids is 1. The molecule has 0 spiro atoms. The minimum Gasteiger partial charge on any atom is -0.480 e. The number of amides is 3. The number of carbonyl (C=O) groups is 4. The lowest BCUT2D eigenvalue weighted by Gasteiger charge is -2.42. The molecule has 2 aromatic rings. The Morgan fingerprint density at radius 2 is 1.77 bits per heavy atom. The molecule has 11 nitrogen and oxygen atoms in total. The molecule has 43 heavy (non-hydrogen) atoms. The summed E-state index contributed by atoms with van der Waals surface area (Å²) in [5.74, 6) is -2.14. The van der Waals surface area contributed by atoms with E-state index in [-0.39, 0.29) is 35.9 Å². The van der Waals surface area contributed by atoms with E-state index in [1.807, 2.05) is 37.8 Å². The highest BCUT2D eigenvalue weighted by atomic mass is 35.5. The van der Waals surface area contributed by atoms with Gasteiger partial charge in [0.25, 0.3) is 5.91 Å². The Hall–Kier alpha value is -3.41. The van der Waals surface area contributed by atoms with Crippen LogP contribution in [0.3, 0.4) is 0 Å². The highest BCUT2D eigenvalue weighted by Gasteiger charge is 2.43. The van der Waals surface area contributed by atoms with Crippen LogP contribution >= 0.6 is 11.6 Å². The summed E-state index contributed by atoms with van der Waals surface area (Å²) in [6.45, 7) is 6.69. The van der Waals surface area contributed by atoms with Gasteiger partial charge in [0.2, 0.25) is 5.91 Å². The molecule has 12 heteroatoms. The zero-order chi connectivity index (χ0) is 31.1. The first-order valence-corrected chi connectivity index (χ1v) is 15.3. The van der Waals surface area contributed by atoms with Crippen LogP contribution in [0.2, 0.25) is 5.02 Å².